The number of amides is 1. The summed E-state index contributed by atoms with van der Waals surface area (Å²) >= 11 is 5.94. The Bertz CT molecular complexity index is 482. The molecule has 0 saturated heterocycles. The van der Waals surface area contributed by atoms with Crippen molar-refractivity contribution in [2.24, 2.45) is 5.73 Å². The van der Waals surface area contributed by atoms with E-state index in [9.17, 15) is 9.59 Å². The van der Waals surface area contributed by atoms with E-state index < -0.39 is 18.1 Å². The average molecular weight is 315 g/mol. The molecule has 0 aliphatic rings. The van der Waals surface area contributed by atoms with Gasteiger partial charge in [0.2, 0.25) is 0 Å². The molecule has 0 saturated carbocycles. The Kier molecular flexibility index (Phi) is 7.56. The van der Waals surface area contributed by atoms with Gasteiger partial charge in [0.05, 0.1) is 0 Å². The predicted octanol–water partition coefficient (Wildman–Crippen LogP) is 2.15. The molecular weight excluding hydrogens is 296 g/mol. The summed E-state index contributed by atoms with van der Waals surface area (Å²) in [5, 5.41) is 11.7. The Hall–Kier alpha value is -1.79. The first kappa shape index (κ1) is 17.3. The van der Waals surface area contributed by atoms with Gasteiger partial charge in [-0.25, -0.2) is 4.79 Å². The zero-order chi connectivity index (χ0) is 15.7. The molecule has 0 spiro atoms. The minimum absolute atomic E-state index is 0.107. The highest BCUT2D eigenvalue weighted by Crippen LogP contribution is 2.15. The molecule has 1 amide bonds. The molecule has 0 aliphatic carbocycles. The molecule has 21 heavy (non-hydrogen) atoms. The van der Waals surface area contributed by atoms with Crippen molar-refractivity contribution in [3.05, 3.63) is 34.9 Å². The van der Waals surface area contributed by atoms with E-state index in [2.05, 4.69) is 5.32 Å². The van der Waals surface area contributed by atoms with E-state index in [1.165, 1.54) is 0 Å². The highest BCUT2D eigenvalue weighted by atomic mass is 35.5. The fourth-order valence-electron chi connectivity index (χ4n) is 1.61. The Labute approximate surface area is 128 Å². The maximum atomic E-state index is 11.4. The third kappa shape index (κ3) is 6.97. The van der Waals surface area contributed by atoms with Crippen LogP contribution in [-0.2, 0) is 16.1 Å². The summed E-state index contributed by atoms with van der Waals surface area (Å²) < 4.78 is 5.02. The molecule has 0 aliphatic heterocycles. The first-order chi connectivity index (χ1) is 10.0. The van der Waals surface area contributed by atoms with E-state index in [1.807, 2.05) is 6.07 Å². The van der Waals surface area contributed by atoms with Gasteiger partial charge in [-0.2, -0.15) is 0 Å². The molecule has 6 nitrogen and oxygen atoms in total. The fourth-order valence-corrected chi connectivity index (χ4v) is 1.80. The summed E-state index contributed by atoms with van der Waals surface area (Å²) in [5.41, 5.74) is 6.10. The number of hydrogen-bond acceptors (Lipinski definition) is 4. The molecule has 0 bridgehead atoms. The number of hydrogen-bond donors (Lipinski definition) is 3. The summed E-state index contributed by atoms with van der Waals surface area (Å²) in [6.45, 7) is 0.517. The lowest BCUT2D eigenvalue weighted by molar-refractivity contribution is -0.138. The Morgan fingerprint density at radius 3 is 2.71 bits per heavy atom. The lowest BCUT2D eigenvalue weighted by Crippen LogP contribution is -2.30. The lowest BCUT2D eigenvalue weighted by atomic mass is 10.1. The molecule has 0 fully saturated rings. The molecule has 1 atom stereocenters. The fraction of sp³-hybridized carbons (Fsp3) is 0.429. The number of carbonyl (C=O) groups excluding carboxylic acids is 1. The van der Waals surface area contributed by atoms with Crippen LogP contribution < -0.4 is 11.1 Å². The Balaban J connectivity index is 2.12. The van der Waals surface area contributed by atoms with Crippen molar-refractivity contribution in [2.75, 3.05) is 6.54 Å². The molecular formula is C14H19ClN2O4. The highest BCUT2D eigenvalue weighted by molar-refractivity contribution is 6.31. The van der Waals surface area contributed by atoms with Crippen LogP contribution in [0.1, 0.15) is 24.8 Å². The predicted molar refractivity (Wildman–Crippen MR) is 79.1 cm³/mol. The Morgan fingerprint density at radius 1 is 1.33 bits per heavy atom. The number of carbonyl (C=O) groups is 2. The molecule has 0 aromatic heterocycles. The Morgan fingerprint density at radius 2 is 2.05 bits per heavy atom. The molecule has 1 aromatic carbocycles. The van der Waals surface area contributed by atoms with Gasteiger partial charge in [-0.1, -0.05) is 29.8 Å². The number of carboxylic acids is 1. The van der Waals surface area contributed by atoms with Crippen molar-refractivity contribution in [1.82, 2.24) is 5.32 Å². The van der Waals surface area contributed by atoms with Crippen LogP contribution in [0.25, 0.3) is 0 Å². The van der Waals surface area contributed by atoms with Crippen LogP contribution in [0, 0.1) is 0 Å². The van der Waals surface area contributed by atoms with Crippen LogP contribution in [-0.4, -0.2) is 29.8 Å². The van der Waals surface area contributed by atoms with Crippen LogP contribution in [0.15, 0.2) is 24.3 Å². The van der Waals surface area contributed by atoms with E-state index in [1.54, 1.807) is 18.2 Å². The highest BCUT2D eigenvalue weighted by Gasteiger charge is 2.10. The second-order valence-electron chi connectivity index (χ2n) is 4.53. The molecule has 116 valence electrons. The number of rotatable bonds is 8. The average Bonchev–Trinajstić information content (AvgIpc) is 2.45. The molecule has 1 unspecified atom stereocenters. The monoisotopic (exact) mass is 314 g/mol. The zero-order valence-electron chi connectivity index (χ0n) is 11.5. The maximum absolute atomic E-state index is 11.4. The molecule has 1 rings (SSSR count). The van der Waals surface area contributed by atoms with E-state index in [4.69, 9.17) is 27.2 Å². The van der Waals surface area contributed by atoms with Crippen LogP contribution >= 0.6 is 11.6 Å². The molecule has 4 N–H and O–H groups in total. The number of halogens is 1. The van der Waals surface area contributed by atoms with Crippen molar-refractivity contribution in [1.29, 1.82) is 0 Å². The van der Waals surface area contributed by atoms with E-state index >= 15 is 0 Å². The van der Waals surface area contributed by atoms with Gasteiger partial charge < -0.3 is 20.9 Å². The first-order valence-corrected chi connectivity index (χ1v) is 7.01. The van der Waals surface area contributed by atoms with Crippen LogP contribution in [0.4, 0.5) is 4.79 Å². The summed E-state index contributed by atoms with van der Waals surface area (Å²) in [4.78, 5) is 21.9. The topological polar surface area (TPSA) is 102 Å². The van der Waals surface area contributed by atoms with Crippen molar-refractivity contribution >= 4 is 23.7 Å². The third-order valence-electron chi connectivity index (χ3n) is 2.85. The number of carboxylic acid groups (broad SMARTS) is 1. The van der Waals surface area contributed by atoms with Gasteiger partial charge in [-0.05, 0) is 25.3 Å². The summed E-state index contributed by atoms with van der Waals surface area (Å²) in [6.07, 6.45) is 1.11. The van der Waals surface area contributed by atoms with Gasteiger partial charge in [0.1, 0.15) is 12.6 Å². The van der Waals surface area contributed by atoms with Gasteiger partial charge in [0.25, 0.3) is 0 Å². The maximum Gasteiger partial charge on any atom is 0.407 e. The number of benzene rings is 1. The molecule has 7 heteroatoms. The minimum Gasteiger partial charge on any atom is -0.480 e. The van der Waals surface area contributed by atoms with Gasteiger partial charge in [0.15, 0.2) is 0 Å². The number of nitrogens with one attached hydrogen (secondary N) is 1. The zero-order valence-corrected chi connectivity index (χ0v) is 12.3. The van der Waals surface area contributed by atoms with E-state index in [0.717, 1.165) is 5.56 Å². The quantitative estimate of drug-likeness (QED) is 0.638. The lowest BCUT2D eigenvalue weighted by Gasteiger charge is -2.09. The van der Waals surface area contributed by atoms with Gasteiger partial charge in [0, 0.05) is 17.1 Å². The number of unbranched alkanes of at least 4 members (excludes halogenated alkanes) is 1. The second kappa shape index (κ2) is 9.20. The van der Waals surface area contributed by atoms with Gasteiger partial charge in [-0.3, -0.25) is 4.79 Å². The van der Waals surface area contributed by atoms with E-state index in [0.29, 0.717) is 30.8 Å². The third-order valence-corrected chi connectivity index (χ3v) is 3.21. The number of alkyl carbamates (subject to hydrolysis) is 1. The van der Waals surface area contributed by atoms with Crippen molar-refractivity contribution < 1.29 is 19.4 Å². The van der Waals surface area contributed by atoms with Crippen LogP contribution in [0.3, 0.4) is 0 Å². The molecule has 1 aromatic rings. The molecule has 0 radical (unpaired) electrons. The smallest absolute Gasteiger partial charge is 0.407 e. The van der Waals surface area contributed by atoms with Crippen molar-refractivity contribution in [3.63, 3.8) is 0 Å². The van der Waals surface area contributed by atoms with Crippen molar-refractivity contribution in [2.45, 2.75) is 31.9 Å². The second-order valence-corrected chi connectivity index (χ2v) is 4.94. The van der Waals surface area contributed by atoms with Gasteiger partial charge in [-0.15, -0.1) is 0 Å². The van der Waals surface area contributed by atoms with Crippen LogP contribution in [0.2, 0.25) is 5.02 Å². The summed E-state index contributed by atoms with van der Waals surface area (Å²) in [6, 6.07) is 6.27. The number of aliphatic carboxylic acids is 1. The standard InChI is InChI=1S/C14H19ClN2O4/c15-11-6-2-1-5-10(11)9-21-14(20)17-8-4-3-7-12(16)13(18)19/h1-2,5-6,12H,3-4,7-9,16H2,(H,17,20)(H,18,19). The number of nitrogens with two attached hydrogens (primary N) is 1. The van der Waals surface area contributed by atoms with Crippen LogP contribution in [0.5, 0.6) is 0 Å². The van der Waals surface area contributed by atoms with Crippen molar-refractivity contribution in [3.8, 4) is 0 Å². The molecule has 0 heterocycles. The minimum atomic E-state index is -1.01. The van der Waals surface area contributed by atoms with E-state index in [-0.39, 0.29) is 6.61 Å². The number of ether oxygens (including phenoxy) is 1. The van der Waals surface area contributed by atoms with Gasteiger partial charge >= 0.3 is 12.1 Å². The normalized spacial score (nSPS) is 11.7. The summed E-state index contributed by atoms with van der Waals surface area (Å²) in [7, 11) is 0. The first-order valence-electron chi connectivity index (χ1n) is 6.63. The largest absolute Gasteiger partial charge is 0.480 e. The SMILES string of the molecule is NC(CCCCNC(=O)OCc1ccccc1Cl)C(=O)O. The summed E-state index contributed by atoms with van der Waals surface area (Å²) in [5.74, 6) is -1.01.